The third kappa shape index (κ3) is 7.10. The molecule has 0 saturated carbocycles. The van der Waals surface area contributed by atoms with E-state index in [4.69, 9.17) is 4.98 Å². The van der Waals surface area contributed by atoms with Crippen LogP contribution in [0.15, 0.2) is 42.5 Å². The summed E-state index contributed by atoms with van der Waals surface area (Å²) in [5.74, 6) is 0.882. The van der Waals surface area contributed by atoms with E-state index in [1.54, 1.807) is 0 Å². The fraction of sp³-hybridized carbons (Fsp3) is 0.467. The topological polar surface area (TPSA) is 53.4 Å². The minimum atomic E-state index is -0.0723. The molecule has 1 aliphatic heterocycles. The summed E-state index contributed by atoms with van der Waals surface area (Å²) in [5, 5.41) is 3.12. The zero-order valence-corrected chi connectivity index (χ0v) is 25.1. The van der Waals surface area contributed by atoms with Crippen LogP contribution in [-0.2, 0) is 6.42 Å². The molecule has 2 aromatic carbocycles. The van der Waals surface area contributed by atoms with E-state index in [2.05, 4.69) is 77.7 Å². The lowest BCUT2D eigenvalue weighted by Gasteiger charge is -2.37. The highest BCUT2D eigenvalue weighted by Gasteiger charge is 2.21. The minimum Gasteiger partial charge on any atom is -0.369 e. The number of amides is 1. The number of aromatic nitrogens is 2. The molecule has 1 aliphatic rings. The predicted octanol–water partition coefficient (Wildman–Crippen LogP) is 5.84. The summed E-state index contributed by atoms with van der Waals surface area (Å²) in [6, 6.07) is 14.9. The lowest BCUT2D eigenvalue weighted by molar-refractivity contribution is 0.0946. The number of para-hydroxylation sites is 1. The summed E-state index contributed by atoms with van der Waals surface area (Å²) in [4.78, 5) is 22.8. The van der Waals surface area contributed by atoms with Gasteiger partial charge in [0, 0.05) is 50.5 Å². The minimum absolute atomic E-state index is 0. The molecule has 1 amide bonds. The highest BCUT2D eigenvalue weighted by molar-refractivity contribution is 5.93. The molecule has 1 N–H and O–H groups in total. The monoisotopic (exact) mass is 559 g/mol. The molecule has 1 aromatic heterocycles. The average molecular weight is 561 g/mol. The Morgan fingerprint density at radius 3 is 2.24 bits per heavy atom. The number of piperazine rings is 1. The Bertz CT molecular complexity index is 1200. The number of nitrogens with zero attached hydrogens (tertiary/aromatic N) is 4. The number of rotatable bonds is 9. The number of benzene rings is 2. The molecule has 8 heteroatoms. The molecule has 38 heavy (non-hydrogen) atoms. The highest BCUT2D eigenvalue weighted by atomic mass is 35.5. The van der Waals surface area contributed by atoms with E-state index in [0.29, 0.717) is 12.2 Å². The van der Waals surface area contributed by atoms with Gasteiger partial charge in [0.1, 0.15) is 11.5 Å². The van der Waals surface area contributed by atoms with E-state index in [-0.39, 0.29) is 30.7 Å². The van der Waals surface area contributed by atoms with Gasteiger partial charge in [-0.2, -0.15) is 0 Å². The molecule has 1 fully saturated rings. The van der Waals surface area contributed by atoms with Gasteiger partial charge in [-0.25, -0.2) is 4.98 Å². The molecule has 208 valence electrons. The maximum Gasteiger partial charge on any atom is 0.271 e. The quantitative estimate of drug-likeness (QED) is 0.334. The second kappa shape index (κ2) is 14.6. The standard InChI is InChI=1S/C30H41N5O.2ClH/c1-6-11-28-32-29(25(5)35(28)26-14-8-7-12-23(26)3)30(36)31-16-10-17-33-18-20-34(21-19-33)27-15-9-13-22(2)24(27)4;;/h7-9,12-15H,6,10-11,16-21H2,1-5H3,(H,31,36);2*1H. The number of aryl methyl sites for hydroxylation is 3. The van der Waals surface area contributed by atoms with Crippen LogP contribution in [0.2, 0.25) is 0 Å². The number of hydrogen-bond donors (Lipinski definition) is 1. The number of hydrogen-bond acceptors (Lipinski definition) is 4. The van der Waals surface area contributed by atoms with Gasteiger partial charge in [-0.1, -0.05) is 37.3 Å². The van der Waals surface area contributed by atoms with Crippen LogP contribution in [0, 0.1) is 27.7 Å². The molecule has 0 bridgehead atoms. The van der Waals surface area contributed by atoms with Gasteiger partial charge in [0.05, 0.1) is 5.69 Å². The first kappa shape index (κ1) is 31.7. The van der Waals surface area contributed by atoms with E-state index in [1.165, 1.54) is 22.4 Å². The molecule has 3 aromatic rings. The molecular weight excluding hydrogens is 517 g/mol. The van der Waals surface area contributed by atoms with Crippen molar-refractivity contribution in [3.63, 3.8) is 0 Å². The summed E-state index contributed by atoms with van der Waals surface area (Å²) in [5.41, 5.74) is 7.84. The number of carbonyl (C=O) groups is 1. The average Bonchev–Trinajstić information content (AvgIpc) is 3.20. The van der Waals surface area contributed by atoms with Gasteiger partial charge in [0.2, 0.25) is 0 Å². The largest absolute Gasteiger partial charge is 0.369 e. The van der Waals surface area contributed by atoms with Crippen molar-refractivity contribution in [2.24, 2.45) is 0 Å². The maximum absolute atomic E-state index is 13.1. The Morgan fingerprint density at radius 2 is 1.55 bits per heavy atom. The maximum atomic E-state index is 13.1. The Balaban J connectivity index is 0.00000253. The molecule has 0 unspecified atom stereocenters. The van der Waals surface area contributed by atoms with Crippen LogP contribution < -0.4 is 10.2 Å². The Hall–Kier alpha value is -2.54. The summed E-state index contributed by atoms with van der Waals surface area (Å²) in [6.07, 6.45) is 2.77. The third-order valence-corrected chi connectivity index (χ3v) is 7.45. The van der Waals surface area contributed by atoms with Gasteiger partial charge in [-0.3, -0.25) is 14.3 Å². The first-order valence-electron chi connectivity index (χ1n) is 13.4. The third-order valence-electron chi connectivity index (χ3n) is 7.45. The molecule has 0 radical (unpaired) electrons. The lowest BCUT2D eigenvalue weighted by Crippen LogP contribution is -2.47. The van der Waals surface area contributed by atoms with Crippen LogP contribution in [-0.4, -0.2) is 59.6 Å². The van der Waals surface area contributed by atoms with Crippen molar-refractivity contribution in [3.8, 4) is 5.69 Å². The van der Waals surface area contributed by atoms with Crippen LogP contribution in [0.25, 0.3) is 5.69 Å². The smallest absolute Gasteiger partial charge is 0.271 e. The Kier molecular flexibility index (Phi) is 12.1. The van der Waals surface area contributed by atoms with E-state index in [0.717, 1.165) is 69.2 Å². The van der Waals surface area contributed by atoms with Crippen molar-refractivity contribution >= 4 is 36.4 Å². The normalized spacial score (nSPS) is 13.6. The zero-order valence-electron chi connectivity index (χ0n) is 23.4. The van der Waals surface area contributed by atoms with Gasteiger partial charge in [0.15, 0.2) is 0 Å². The molecule has 4 rings (SSSR count). The molecular formula is C30H43Cl2N5O. The first-order chi connectivity index (χ1) is 17.4. The summed E-state index contributed by atoms with van der Waals surface area (Å²) >= 11 is 0. The molecule has 0 aliphatic carbocycles. The van der Waals surface area contributed by atoms with Crippen LogP contribution >= 0.6 is 24.8 Å². The van der Waals surface area contributed by atoms with Crippen LogP contribution in [0.4, 0.5) is 5.69 Å². The van der Waals surface area contributed by atoms with Crippen molar-refractivity contribution in [2.75, 3.05) is 44.2 Å². The van der Waals surface area contributed by atoms with Gasteiger partial charge < -0.3 is 10.2 Å². The van der Waals surface area contributed by atoms with Crippen LogP contribution in [0.5, 0.6) is 0 Å². The van der Waals surface area contributed by atoms with E-state index >= 15 is 0 Å². The molecule has 6 nitrogen and oxygen atoms in total. The van der Waals surface area contributed by atoms with Crippen LogP contribution in [0.3, 0.4) is 0 Å². The molecule has 1 saturated heterocycles. The van der Waals surface area contributed by atoms with E-state index in [9.17, 15) is 4.79 Å². The van der Waals surface area contributed by atoms with Crippen molar-refractivity contribution in [3.05, 3.63) is 76.4 Å². The van der Waals surface area contributed by atoms with Gasteiger partial charge >= 0.3 is 0 Å². The zero-order chi connectivity index (χ0) is 25.7. The van der Waals surface area contributed by atoms with Crippen molar-refractivity contribution in [1.82, 2.24) is 19.8 Å². The lowest BCUT2D eigenvalue weighted by atomic mass is 10.1. The molecule has 0 atom stereocenters. The predicted molar refractivity (Wildman–Crippen MR) is 163 cm³/mol. The SMILES string of the molecule is CCCc1nc(C(=O)NCCCN2CCN(c3cccc(C)c3C)CC2)c(C)n1-c1ccccc1C.Cl.Cl. The van der Waals surface area contributed by atoms with Crippen molar-refractivity contribution < 1.29 is 4.79 Å². The Labute approximate surface area is 240 Å². The summed E-state index contributed by atoms with van der Waals surface area (Å²) in [7, 11) is 0. The fourth-order valence-electron chi connectivity index (χ4n) is 5.18. The Morgan fingerprint density at radius 1 is 0.895 bits per heavy atom. The summed E-state index contributed by atoms with van der Waals surface area (Å²) < 4.78 is 2.16. The molecule has 0 spiro atoms. The number of nitrogens with one attached hydrogen (secondary N) is 1. The number of imidazole rings is 1. The fourth-order valence-corrected chi connectivity index (χ4v) is 5.18. The second-order valence-electron chi connectivity index (χ2n) is 9.99. The van der Waals surface area contributed by atoms with Gasteiger partial charge in [0.25, 0.3) is 5.91 Å². The molecule has 2 heterocycles. The van der Waals surface area contributed by atoms with Crippen LogP contribution in [0.1, 0.15) is 58.5 Å². The van der Waals surface area contributed by atoms with Crippen molar-refractivity contribution in [1.29, 1.82) is 0 Å². The van der Waals surface area contributed by atoms with Gasteiger partial charge in [-0.15, -0.1) is 24.8 Å². The van der Waals surface area contributed by atoms with Gasteiger partial charge in [-0.05, 0) is 75.9 Å². The number of anilines is 1. The second-order valence-corrected chi connectivity index (χ2v) is 9.99. The number of halogens is 2. The highest BCUT2D eigenvalue weighted by Crippen LogP contribution is 2.24. The van der Waals surface area contributed by atoms with E-state index in [1.807, 2.05) is 19.1 Å². The summed E-state index contributed by atoms with van der Waals surface area (Å²) in [6.45, 7) is 16.5. The van der Waals surface area contributed by atoms with E-state index < -0.39 is 0 Å². The van der Waals surface area contributed by atoms with Crippen molar-refractivity contribution in [2.45, 2.75) is 53.9 Å². The number of carbonyl (C=O) groups excluding carboxylic acids is 1. The first-order valence-corrected chi connectivity index (χ1v) is 13.4.